The molecule has 0 fully saturated rings. The molecule has 0 heterocycles. The molecule has 0 aliphatic carbocycles. The van der Waals surface area contributed by atoms with Crippen LogP contribution in [0.2, 0.25) is 0 Å². The molecule has 1 aromatic carbocycles. The molecule has 0 aromatic heterocycles. The lowest BCUT2D eigenvalue weighted by molar-refractivity contribution is -0.132. The molecule has 1 aromatic rings. The van der Waals surface area contributed by atoms with Crippen molar-refractivity contribution in [2.24, 2.45) is 0 Å². The van der Waals surface area contributed by atoms with Crippen LogP contribution in [0.25, 0.3) is 0 Å². The highest BCUT2D eigenvalue weighted by atomic mass is 16.4. The predicted molar refractivity (Wildman–Crippen MR) is 130 cm³/mol. The van der Waals surface area contributed by atoms with Gasteiger partial charge in [0.15, 0.2) is 0 Å². The maximum absolute atomic E-state index is 10.8. The number of rotatable bonds is 13. The molecule has 0 saturated heterocycles. The normalized spacial score (nSPS) is 15.0. The highest BCUT2D eigenvalue weighted by molar-refractivity contribution is 5.85. The van der Waals surface area contributed by atoms with Crippen molar-refractivity contribution in [3.8, 4) is 11.5 Å². The lowest BCUT2D eigenvalue weighted by atomic mass is 9.91. The Morgan fingerprint density at radius 1 is 0.938 bits per heavy atom. The summed E-state index contributed by atoms with van der Waals surface area (Å²) in [5.41, 5.74) is 3.38. The van der Waals surface area contributed by atoms with Gasteiger partial charge in [0.2, 0.25) is 0 Å². The van der Waals surface area contributed by atoms with Gasteiger partial charge in [-0.15, -0.1) is 0 Å². The van der Waals surface area contributed by atoms with Crippen LogP contribution >= 0.6 is 0 Å². The molecule has 0 amide bonds. The van der Waals surface area contributed by atoms with Crippen LogP contribution in [0, 0.1) is 6.92 Å². The van der Waals surface area contributed by atoms with Crippen molar-refractivity contribution < 1.29 is 25.2 Å². The summed E-state index contributed by atoms with van der Waals surface area (Å²) in [7, 11) is 0. The van der Waals surface area contributed by atoms with E-state index in [9.17, 15) is 20.1 Å². The van der Waals surface area contributed by atoms with Gasteiger partial charge in [-0.2, -0.15) is 0 Å². The first kappa shape index (κ1) is 27.5. The number of allylic oxidation sites excluding steroid dienone is 5. The molecule has 0 unspecified atom stereocenters. The standard InChI is InChI=1S/C27H40O5/c1-19(11-7-13-21(3)26(30)31)9-6-10-20(2)12-8-15-27(5,32)16-14-23-18-24(28)17-22(4)25(23)29/h9,12-13,17-18,28-29,32H,6-8,10-11,14-16H2,1-5H3,(H,30,31)/t27-/m1/s1. The Balaban J connectivity index is 2.41. The van der Waals surface area contributed by atoms with E-state index in [0.29, 0.717) is 36.0 Å². The highest BCUT2D eigenvalue weighted by Gasteiger charge is 2.20. The third kappa shape index (κ3) is 10.7. The van der Waals surface area contributed by atoms with Crippen LogP contribution < -0.4 is 0 Å². The molecule has 0 saturated carbocycles. The molecule has 0 aliphatic rings. The maximum atomic E-state index is 10.8. The highest BCUT2D eigenvalue weighted by Crippen LogP contribution is 2.30. The first-order valence-electron chi connectivity index (χ1n) is 11.4. The van der Waals surface area contributed by atoms with Crippen molar-refractivity contribution in [1.82, 2.24) is 0 Å². The fourth-order valence-electron chi connectivity index (χ4n) is 3.54. The Hall–Kier alpha value is -2.53. The van der Waals surface area contributed by atoms with Crippen molar-refractivity contribution in [2.75, 3.05) is 0 Å². The molecule has 1 atom stereocenters. The van der Waals surface area contributed by atoms with Gasteiger partial charge >= 0.3 is 5.97 Å². The molecular formula is C27H40O5. The number of aliphatic carboxylic acids is 1. The van der Waals surface area contributed by atoms with E-state index < -0.39 is 11.6 Å². The molecule has 0 radical (unpaired) electrons. The van der Waals surface area contributed by atoms with Crippen LogP contribution in [-0.4, -0.2) is 32.0 Å². The second-order valence-electron chi connectivity index (χ2n) is 9.18. The van der Waals surface area contributed by atoms with Gasteiger partial charge in [-0.3, -0.25) is 0 Å². The van der Waals surface area contributed by atoms with Crippen LogP contribution in [0.5, 0.6) is 11.5 Å². The molecule has 0 spiro atoms. The third-order valence-corrected chi connectivity index (χ3v) is 5.83. The summed E-state index contributed by atoms with van der Waals surface area (Å²) >= 11 is 0. The van der Waals surface area contributed by atoms with E-state index in [-0.39, 0.29) is 11.5 Å². The van der Waals surface area contributed by atoms with E-state index in [0.717, 1.165) is 32.1 Å². The number of benzene rings is 1. The lowest BCUT2D eigenvalue weighted by Gasteiger charge is -2.23. The number of aryl methyl sites for hydroxylation is 2. The van der Waals surface area contributed by atoms with Gasteiger partial charge in [-0.1, -0.05) is 29.4 Å². The van der Waals surface area contributed by atoms with Crippen LogP contribution in [-0.2, 0) is 11.2 Å². The zero-order valence-electron chi connectivity index (χ0n) is 20.2. The van der Waals surface area contributed by atoms with E-state index in [1.54, 1.807) is 26.0 Å². The Bertz CT molecular complexity index is 859. The number of hydrogen-bond acceptors (Lipinski definition) is 4. The number of aliphatic hydroxyl groups is 1. The second kappa shape index (κ2) is 13.1. The van der Waals surface area contributed by atoms with E-state index in [1.165, 1.54) is 17.2 Å². The van der Waals surface area contributed by atoms with Gasteiger partial charge in [0.1, 0.15) is 11.5 Å². The second-order valence-corrected chi connectivity index (χ2v) is 9.18. The van der Waals surface area contributed by atoms with Gasteiger partial charge in [-0.25, -0.2) is 4.79 Å². The number of phenolic OH excluding ortho intramolecular Hbond substituents is 2. The van der Waals surface area contributed by atoms with Crippen LogP contribution in [0.15, 0.2) is 47.1 Å². The molecule has 1 rings (SSSR count). The van der Waals surface area contributed by atoms with E-state index in [4.69, 9.17) is 5.11 Å². The number of phenols is 2. The third-order valence-electron chi connectivity index (χ3n) is 5.83. The fourth-order valence-corrected chi connectivity index (χ4v) is 3.54. The summed E-state index contributed by atoms with van der Waals surface area (Å²) in [6, 6.07) is 3.08. The maximum Gasteiger partial charge on any atom is 0.330 e. The van der Waals surface area contributed by atoms with Crippen molar-refractivity contribution in [3.05, 3.63) is 58.2 Å². The van der Waals surface area contributed by atoms with Crippen LogP contribution in [0.4, 0.5) is 0 Å². The Kier molecular flexibility index (Phi) is 11.3. The molecule has 32 heavy (non-hydrogen) atoms. The zero-order valence-corrected chi connectivity index (χ0v) is 20.2. The first-order chi connectivity index (χ1) is 14.9. The van der Waals surface area contributed by atoms with Crippen molar-refractivity contribution >= 4 is 5.97 Å². The van der Waals surface area contributed by atoms with Crippen molar-refractivity contribution in [1.29, 1.82) is 0 Å². The largest absolute Gasteiger partial charge is 0.508 e. The molecule has 5 heteroatoms. The molecule has 4 N–H and O–H groups in total. The summed E-state index contributed by atoms with van der Waals surface area (Å²) in [5, 5.41) is 39.4. The average molecular weight is 445 g/mol. The van der Waals surface area contributed by atoms with E-state index >= 15 is 0 Å². The molecular weight excluding hydrogens is 404 g/mol. The van der Waals surface area contributed by atoms with E-state index in [1.807, 2.05) is 6.92 Å². The van der Waals surface area contributed by atoms with Gasteiger partial charge < -0.3 is 20.4 Å². The van der Waals surface area contributed by atoms with Crippen molar-refractivity contribution in [2.45, 2.75) is 91.6 Å². The van der Waals surface area contributed by atoms with Crippen LogP contribution in [0.1, 0.15) is 83.8 Å². The number of carbonyl (C=O) groups is 1. The quantitative estimate of drug-likeness (QED) is 0.161. The van der Waals surface area contributed by atoms with Gasteiger partial charge in [0, 0.05) is 5.57 Å². The van der Waals surface area contributed by atoms with Crippen molar-refractivity contribution in [3.63, 3.8) is 0 Å². The average Bonchev–Trinajstić information content (AvgIpc) is 2.69. The smallest absolute Gasteiger partial charge is 0.330 e. The summed E-state index contributed by atoms with van der Waals surface area (Å²) in [6.45, 7) is 9.36. The summed E-state index contributed by atoms with van der Waals surface area (Å²) < 4.78 is 0. The van der Waals surface area contributed by atoms with Gasteiger partial charge in [0.25, 0.3) is 0 Å². The number of carboxylic acids is 1. The van der Waals surface area contributed by atoms with Crippen LogP contribution in [0.3, 0.4) is 0 Å². The molecule has 178 valence electrons. The summed E-state index contributed by atoms with van der Waals surface area (Å²) in [5.74, 6) is -0.547. The number of hydrogen-bond donors (Lipinski definition) is 4. The monoisotopic (exact) mass is 444 g/mol. The zero-order chi connectivity index (χ0) is 24.3. The Morgan fingerprint density at radius 3 is 2.09 bits per heavy atom. The molecule has 0 bridgehead atoms. The Morgan fingerprint density at radius 2 is 1.50 bits per heavy atom. The minimum atomic E-state index is -0.862. The topological polar surface area (TPSA) is 98.0 Å². The Labute approximate surface area is 192 Å². The number of aromatic hydroxyl groups is 2. The minimum absolute atomic E-state index is 0.129. The molecule has 5 nitrogen and oxygen atoms in total. The first-order valence-corrected chi connectivity index (χ1v) is 11.4. The molecule has 0 aliphatic heterocycles. The predicted octanol–water partition coefficient (Wildman–Crippen LogP) is 6.35. The van der Waals surface area contributed by atoms with Gasteiger partial charge in [0.05, 0.1) is 5.60 Å². The SMILES string of the molecule is CC(=CCCC(C)=CCC[C@@](C)(O)CCc1cc(O)cc(C)c1O)CCC=C(C)C(=O)O. The minimum Gasteiger partial charge on any atom is -0.508 e. The van der Waals surface area contributed by atoms with Gasteiger partial charge in [-0.05, 0) is 109 Å². The fraction of sp³-hybridized carbons (Fsp3) is 0.519. The summed E-state index contributed by atoms with van der Waals surface area (Å²) in [6.07, 6.45) is 12.1. The van der Waals surface area contributed by atoms with E-state index in [2.05, 4.69) is 26.0 Å². The lowest BCUT2D eigenvalue weighted by Crippen LogP contribution is -2.24. The summed E-state index contributed by atoms with van der Waals surface area (Å²) in [4.78, 5) is 10.8. The number of carboxylic acid groups (broad SMARTS) is 1.